The summed E-state index contributed by atoms with van der Waals surface area (Å²) >= 11 is 3.70. The summed E-state index contributed by atoms with van der Waals surface area (Å²) in [5.74, 6) is 5.21. The van der Waals surface area contributed by atoms with Crippen molar-refractivity contribution in [2.24, 2.45) is 0 Å². The van der Waals surface area contributed by atoms with Gasteiger partial charge in [0.2, 0.25) is 0 Å². The molecule has 0 amide bonds. The number of hydrogen-bond acceptors (Lipinski definition) is 7. The molecular weight excluding hydrogens is 352 g/mol. The van der Waals surface area contributed by atoms with Crippen LogP contribution in [0, 0.1) is 0 Å². The summed E-state index contributed by atoms with van der Waals surface area (Å²) < 4.78 is 5.49. The van der Waals surface area contributed by atoms with Crippen molar-refractivity contribution in [2.75, 3.05) is 54.8 Å². The van der Waals surface area contributed by atoms with Crippen molar-refractivity contribution in [3.05, 3.63) is 36.2 Å². The van der Waals surface area contributed by atoms with Crippen LogP contribution in [-0.2, 0) is 6.54 Å². The van der Waals surface area contributed by atoms with Gasteiger partial charge in [-0.25, -0.2) is 9.97 Å². The van der Waals surface area contributed by atoms with E-state index in [4.69, 9.17) is 4.74 Å². The highest BCUT2D eigenvalue weighted by Gasteiger charge is 2.14. The summed E-state index contributed by atoms with van der Waals surface area (Å²) in [6.07, 6.45) is 3.73. The Balaban J connectivity index is 1.73. The Bertz CT molecular complexity index is 707. The van der Waals surface area contributed by atoms with Crippen molar-refractivity contribution < 1.29 is 4.74 Å². The Morgan fingerprint density at radius 1 is 1.24 bits per heavy atom. The Morgan fingerprint density at radius 2 is 2.04 bits per heavy atom. The lowest BCUT2D eigenvalue weighted by Gasteiger charge is -2.28. The van der Waals surface area contributed by atoms with Crippen LogP contribution in [0.3, 0.4) is 0 Å². The molecule has 1 aromatic heterocycles. The minimum atomic E-state index is 0.775. The smallest absolute Gasteiger partial charge is 0.134 e. The lowest BCUT2D eigenvalue weighted by atomic mass is 10.2. The first-order chi connectivity index (χ1) is 12.2. The van der Waals surface area contributed by atoms with Crippen LogP contribution in [0.15, 0.2) is 35.5 Å². The van der Waals surface area contributed by atoms with Crippen molar-refractivity contribution in [1.82, 2.24) is 9.97 Å². The van der Waals surface area contributed by atoms with E-state index in [9.17, 15) is 0 Å². The first-order valence-electron chi connectivity index (χ1n) is 8.28. The largest absolute Gasteiger partial charge is 0.496 e. The van der Waals surface area contributed by atoms with Crippen molar-refractivity contribution in [2.45, 2.75) is 11.4 Å². The number of hydrogen-bond donors (Lipinski definition) is 0. The van der Waals surface area contributed by atoms with E-state index >= 15 is 0 Å². The number of ether oxygens (including phenoxy) is 1. The molecule has 0 atom stereocenters. The summed E-state index contributed by atoms with van der Waals surface area (Å²) in [5, 5.41) is 0. The average Bonchev–Trinajstić information content (AvgIpc) is 2.68. The van der Waals surface area contributed by atoms with Crippen LogP contribution < -0.4 is 14.5 Å². The number of nitrogens with zero attached hydrogens (tertiary/aromatic N) is 4. The second-order valence-corrected chi connectivity index (χ2v) is 7.95. The highest BCUT2D eigenvalue weighted by molar-refractivity contribution is 7.99. The van der Waals surface area contributed by atoms with E-state index in [1.807, 2.05) is 11.8 Å². The van der Waals surface area contributed by atoms with Crippen molar-refractivity contribution in [3.8, 4) is 5.75 Å². The van der Waals surface area contributed by atoms with Gasteiger partial charge in [-0.2, -0.15) is 11.8 Å². The molecule has 1 aromatic carbocycles. The van der Waals surface area contributed by atoms with Crippen LogP contribution in [-0.4, -0.2) is 55.0 Å². The van der Waals surface area contributed by atoms with Gasteiger partial charge < -0.3 is 14.5 Å². The topological polar surface area (TPSA) is 41.5 Å². The molecule has 1 fully saturated rings. The summed E-state index contributed by atoms with van der Waals surface area (Å²) in [7, 11) is 3.78. The van der Waals surface area contributed by atoms with Crippen LogP contribution in [0.25, 0.3) is 0 Å². The maximum absolute atomic E-state index is 5.49. The molecule has 3 rings (SSSR count). The standard InChI is InChI=1S/C18H24N4OS2/c1-21(12-14-4-5-16(24-3)15(10-14)23-2)17-11-18(20-13-19-17)22-6-8-25-9-7-22/h4-5,10-11,13H,6-9,12H2,1-3H3. The highest BCUT2D eigenvalue weighted by Crippen LogP contribution is 2.29. The monoisotopic (exact) mass is 376 g/mol. The third-order valence-electron chi connectivity index (χ3n) is 4.23. The Morgan fingerprint density at radius 3 is 2.76 bits per heavy atom. The van der Waals surface area contributed by atoms with Crippen LogP contribution in [0.1, 0.15) is 5.56 Å². The third-order valence-corrected chi connectivity index (χ3v) is 5.95. The van der Waals surface area contributed by atoms with E-state index in [-0.39, 0.29) is 0 Å². The van der Waals surface area contributed by atoms with Gasteiger partial charge in [0.25, 0.3) is 0 Å². The van der Waals surface area contributed by atoms with Crippen molar-refractivity contribution >= 4 is 35.2 Å². The SMILES string of the molecule is COc1cc(CN(C)c2cc(N3CCSCC3)ncn2)ccc1SC. The molecule has 0 saturated carbocycles. The van der Waals surface area contributed by atoms with E-state index in [1.165, 1.54) is 5.56 Å². The van der Waals surface area contributed by atoms with Crippen LogP contribution >= 0.6 is 23.5 Å². The number of anilines is 2. The van der Waals surface area contributed by atoms with Gasteiger partial charge in [-0.15, -0.1) is 11.8 Å². The number of methoxy groups -OCH3 is 1. The zero-order valence-electron chi connectivity index (χ0n) is 14.9. The highest BCUT2D eigenvalue weighted by atomic mass is 32.2. The molecule has 25 heavy (non-hydrogen) atoms. The Labute approximate surface area is 158 Å². The predicted molar refractivity (Wildman–Crippen MR) is 108 cm³/mol. The number of rotatable bonds is 6. The molecule has 2 aromatic rings. The molecule has 5 nitrogen and oxygen atoms in total. The minimum Gasteiger partial charge on any atom is -0.496 e. The van der Waals surface area contributed by atoms with Crippen LogP contribution in [0.2, 0.25) is 0 Å². The molecule has 0 spiro atoms. The predicted octanol–water partition coefficient (Wildman–Crippen LogP) is 3.40. The fourth-order valence-electron chi connectivity index (χ4n) is 2.85. The molecule has 0 radical (unpaired) electrons. The van der Waals surface area contributed by atoms with E-state index in [2.05, 4.69) is 57.3 Å². The third kappa shape index (κ3) is 4.52. The van der Waals surface area contributed by atoms with Crippen molar-refractivity contribution in [1.29, 1.82) is 0 Å². The van der Waals surface area contributed by atoms with Gasteiger partial charge in [-0.3, -0.25) is 0 Å². The maximum Gasteiger partial charge on any atom is 0.134 e. The minimum absolute atomic E-state index is 0.775. The van der Waals surface area contributed by atoms with Gasteiger partial charge in [0.05, 0.1) is 7.11 Å². The van der Waals surface area contributed by atoms with E-state index in [1.54, 1.807) is 25.2 Å². The molecule has 0 aliphatic carbocycles. The first kappa shape index (κ1) is 18.2. The fourth-order valence-corrected chi connectivity index (χ4v) is 4.30. The second kappa shape index (κ2) is 8.67. The average molecular weight is 377 g/mol. The van der Waals surface area contributed by atoms with Crippen LogP contribution in [0.4, 0.5) is 11.6 Å². The molecule has 1 saturated heterocycles. The molecule has 7 heteroatoms. The quantitative estimate of drug-likeness (QED) is 0.716. The molecule has 0 bridgehead atoms. The lowest BCUT2D eigenvalue weighted by molar-refractivity contribution is 0.404. The normalized spacial score (nSPS) is 14.4. The molecule has 0 unspecified atom stereocenters. The Hall–Kier alpha value is -1.60. The molecular formula is C18H24N4OS2. The Kier molecular flexibility index (Phi) is 6.31. The summed E-state index contributed by atoms with van der Waals surface area (Å²) in [4.78, 5) is 14.6. The number of aromatic nitrogens is 2. The van der Waals surface area contributed by atoms with Gasteiger partial charge in [0.15, 0.2) is 0 Å². The zero-order chi connectivity index (χ0) is 17.6. The second-order valence-electron chi connectivity index (χ2n) is 5.88. The number of thioether (sulfide) groups is 2. The van der Waals surface area contributed by atoms with Gasteiger partial charge in [0.1, 0.15) is 23.7 Å². The molecule has 0 N–H and O–H groups in total. The lowest BCUT2D eigenvalue weighted by Crippen LogP contribution is -2.33. The molecule has 2 heterocycles. The van der Waals surface area contributed by atoms with E-state index < -0.39 is 0 Å². The fraction of sp³-hybridized carbons (Fsp3) is 0.444. The summed E-state index contributed by atoms with van der Waals surface area (Å²) in [6.45, 7) is 2.88. The first-order valence-corrected chi connectivity index (χ1v) is 10.7. The summed E-state index contributed by atoms with van der Waals surface area (Å²) in [5.41, 5.74) is 1.20. The van der Waals surface area contributed by atoms with Gasteiger partial charge >= 0.3 is 0 Å². The maximum atomic E-state index is 5.49. The molecule has 1 aliphatic rings. The summed E-state index contributed by atoms with van der Waals surface area (Å²) in [6, 6.07) is 8.45. The van der Waals surface area contributed by atoms with Crippen LogP contribution in [0.5, 0.6) is 5.75 Å². The van der Waals surface area contributed by atoms with Gasteiger partial charge in [-0.05, 0) is 24.0 Å². The molecule has 134 valence electrons. The van der Waals surface area contributed by atoms with Gasteiger partial charge in [-0.1, -0.05) is 6.07 Å². The van der Waals surface area contributed by atoms with Crippen molar-refractivity contribution in [3.63, 3.8) is 0 Å². The zero-order valence-corrected chi connectivity index (χ0v) is 16.6. The van der Waals surface area contributed by atoms with Gasteiger partial charge in [0, 0.05) is 49.1 Å². The van der Waals surface area contributed by atoms with E-state index in [0.29, 0.717) is 0 Å². The molecule has 1 aliphatic heterocycles. The number of benzene rings is 1. The van der Waals surface area contributed by atoms with E-state index in [0.717, 1.165) is 53.4 Å².